The molecule has 0 bridgehead atoms. The predicted molar refractivity (Wildman–Crippen MR) is 50.3 cm³/mol. The van der Waals surface area contributed by atoms with Gasteiger partial charge in [0.2, 0.25) is 5.91 Å². The van der Waals surface area contributed by atoms with Gasteiger partial charge in [-0.05, 0) is 12.1 Å². The first-order chi connectivity index (χ1) is 6.68. The number of rotatable bonds is 0. The lowest BCUT2D eigenvalue weighted by molar-refractivity contribution is -0.115. The van der Waals surface area contributed by atoms with Gasteiger partial charge in [-0.25, -0.2) is 8.78 Å². The molecule has 0 spiro atoms. The Morgan fingerprint density at radius 3 is 2.93 bits per heavy atom. The van der Waals surface area contributed by atoms with E-state index in [9.17, 15) is 13.6 Å². The van der Waals surface area contributed by atoms with Crippen molar-refractivity contribution < 1.29 is 13.6 Å². The fourth-order valence-corrected chi connectivity index (χ4v) is 2.22. The number of fused-ring (bicyclic) bond motifs is 1. The lowest BCUT2D eigenvalue weighted by Crippen LogP contribution is -2.10. The molecule has 1 amide bonds. The fraction of sp³-hybridized carbons (Fsp3) is 0.222. The minimum absolute atomic E-state index is 0.165. The topological polar surface area (TPSA) is 29.1 Å². The second-order valence-electron chi connectivity index (χ2n) is 2.88. The maximum absolute atomic E-state index is 13.2. The van der Waals surface area contributed by atoms with Gasteiger partial charge < -0.3 is 5.32 Å². The fourth-order valence-electron chi connectivity index (χ4n) is 1.23. The summed E-state index contributed by atoms with van der Waals surface area (Å²) in [6.45, 7) is 0. The molecule has 1 aromatic carbocycles. The van der Waals surface area contributed by atoms with Gasteiger partial charge in [0.15, 0.2) is 11.6 Å². The third kappa shape index (κ3) is 1.59. The molecule has 2 nitrogen and oxygen atoms in total. The zero-order chi connectivity index (χ0) is 10.1. The van der Waals surface area contributed by atoms with Crippen molar-refractivity contribution in [3.05, 3.63) is 23.8 Å². The molecule has 74 valence electrons. The van der Waals surface area contributed by atoms with Crippen LogP contribution in [0, 0.1) is 11.6 Å². The standard InChI is InChI=1S/C9H7F2NOS/c10-5-1-2-6-9(8(5)11)14-4-3-7(13)12-6/h1-2H,3-4H2,(H,12,13). The number of amides is 1. The smallest absolute Gasteiger partial charge is 0.225 e. The summed E-state index contributed by atoms with van der Waals surface area (Å²) in [5.41, 5.74) is 0.358. The van der Waals surface area contributed by atoms with Crippen molar-refractivity contribution in [2.45, 2.75) is 11.3 Å². The summed E-state index contributed by atoms with van der Waals surface area (Å²) in [4.78, 5) is 11.3. The zero-order valence-corrected chi connectivity index (χ0v) is 7.96. The molecule has 5 heteroatoms. The van der Waals surface area contributed by atoms with Crippen LogP contribution in [0.3, 0.4) is 0 Å². The molecule has 0 aromatic heterocycles. The van der Waals surface area contributed by atoms with Gasteiger partial charge in [0.25, 0.3) is 0 Å². The number of thioether (sulfide) groups is 1. The van der Waals surface area contributed by atoms with Gasteiger partial charge in [-0.2, -0.15) is 0 Å². The van der Waals surface area contributed by atoms with Crippen LogP contribution in [-0.2, 0) is 4.79 Å². The molecule has 1 heterocycles. The van der Waals surface area contributed by atoms with E-state index in [0.717, 1.165) is 17.8 Å². The largest absolute Gasteiger partial charge is 0.325 e. The molecule has 0 atom stereocenters. The first kappa shape index (κ1) is 9.45. The van der Waals surface area contributed by atoms with Gasteiger partial charge >= 0.3 is 0 Å². The van der Waals surface area contributed by atoms with Crippen LogP contribution in [-0.4, -0.2) is 11.7 Å². The molecule has 1 aliphatic rings. The van der Waals surface area contributed by atoms with Crippen molar-refractivity contribution in [2.24, 2.45) is 0 Å². The quantitative estimate of drug-likeness (QED) is 0.720. The van der Waals surface area contributed by atoms with Crippen molar-refractivity contribution in [3.63, 3.8) is 0 Å². The van der Waals surface area contributed by atoms with E-state index in [1.54, 1.807) is 0 Å². The molecule has 0 radical (unpaired) electrons. The summed E-state index contributed by atoms with van der Waals surface area (Å²) in [5, 5.41) is 2.52. The van der Waals surface area contributed by atoms with Gasteiger partial charge in [0.05, 0.1) is 10.6 Å². The Kier molecular flexibility index (Phi) is 2.41. The molecule has 1 aromatic rings. The second-order valence-corrected chi connectivity index (χ2v) is 3.99. The Balaban J connectivity index is 2.50. The number of anilines is 1. The minimum atomic E-state index is -0.882. The highest BCUT2D eigenvalue weighted by Crippen LogP contribution is 2.34. The second kappa shape index (κ2) is 3.57. The minimum Gasteiger partial charge on any atom is -0.325 e. The first-order valence-electron chi connectivity index (χ1n) is 4.09. The van der Waals surface area contributed by atoms with Crippen LogP contribution in [0.15, 0.2) is 17.0 Å². The number of hydrogen-bond donors (Lipinski definition) is 1. The van der Waals surface area contributed by atoms with Gasteiger partial charge in [0, 0.05) is 12.2 Å². The van der Waals surface area contributed by atoms with Crippen LogP contribution in [0.4, 0.5) is 14.5 Å². The molecule has 0 saturated heterocycles. The van der Waals surface area contributed by atoms with E-state index in [4.69, 9.17) is 0 Å². The Labute approximate surface area is 83.7 Å². The van der Waals surface area contributed by atoms with Gasteiger partial charge in [-0.15, -0.1) is 11.8 Å². The van der Waals surface area contributed by atoms with Crippen LogP contribution >= 0.6 is 11.8 Å². The maximum atomic E-state index is 13.2. The van der Waals surface area contributed by atoms with Crippen molar-refractivity contribution in [2.75, 3.05) is 11.1 Å². The van der Waals surface area contributed by atoms with Crippen LogP contribution in [0.1, 0.15) is 6.42 Å². The Morgan fingerprint density at radius 2 is 2.14 bits per heavy atom. The highest BCUT2D eigenvalue weighted by Gasteiger charge is 2.18. The van der Waals surface area contributed by atoms with E-state index in [-0.39, 0.29) is 10.8 Å². The van der Waals surface area contributed by atoms with Crippen LogP contribution in [0.25, 0.3) is 0 Å². The molecule has 0 aliphatic carbocycles. The van der Waals surface area contributed by atoms with E-state index < -0.39 is 11.6 Å². The van der Waals surface area contributed by atoms with Crippen LogP contribution < -0.4 is 5.32 Å². The predicted octanol–water partition coefficient (Wildman–Crippen LogP) is 2.40. The van der Waals surface area contributed by atoms with Gasteiger partial charge in [-0.1, -0.05) is 0 Å². The van der Waals surface area contributed by atoms with Crippen molar-refractivity contribution >= 4 is 23.4 Å². The summed E-state index contributed by atoms with van der Waals surface area (Å²) in [7, 11) is 0. The average molecular weight is 215 g/mol. The van der Waals surface area contributed by atoms with Crippen molar-refractivity contribution in [3.8, 4) is 0 Å². The molecule has 1 N–H and O–H groups in total. The lowest BCUT2D eigenvalue weighted by Gasteiger charge is -2.06. The Bertz CT molecular complexity index is 395. The highest BCUT2D eigenvalue weighted by molar-refractivity contribution is 7.99. The monoisotopic (exact) mass is 215 g/mol. The zero-order valence-electron chi connectivity index (χ0n) is 7.14. The summed E-state index contributed by atoms with van der Waals surface area (Å²) in [6.07, 6.45) is 0.320. The number of nitrogens with one attached hydrogen (secondary N) is 1. The molecule has 0 fully saturated rings. The van der Waals surface area contributed by atoms with E-state index in [1.807, 2.05) is 0 Å². The molecule has 14 heavy (non-hydrogen) atoms. The molecule has 0 unspecified atom stereocenters. The summed E-state index contributed by atoms with van der Waals surface area (Å²) in [5.74, 6) is -1.46. The SMILES string of the molecule is O=C1CCSc2c(ccc(F)c2F)N1. The number of hydrogen-bond acceptors (Lipinski definition) is 2. The van der Waals surface area contributed by atoms with E-state index in [1.165, 1.54) is 6.07 Å². The Hall–Kier alpha value is -1.10. The van der Waals surface area contributed by atoms with E-state index in [0.29, 0.717) is 17.9 Å². The van der Waals surface area contributed by atoms with E-state index >= 15 is 0 Å². The average Bonchev–Trinajstić information content (AvgIpc) is 2.34. The number of halogens is 2. The summed E-state index contributed by atoms with van der Waals surface area (Å²) < 4.78 is 26.1. The van der Waals surface area contributed by atoms with E-state index in [2.05, 4.69) is 5.32 Å². The van der Waals surface area contributed by atoms with Gasteiger partial charge in [-0.3, -0.25) is 4.79 Å². The van der Waals surface area contributed by atoms with Crippen LogP contribution in [0.5, 0.6) is 0 Å². The number of carbonyl (C=O) groups excluding carboxylic acids is 1. The molecular weight excluding hydrogens is 208 g/mol. The lowest BCUT2D eigenvalue weighted by atomic mass is 10.3. The molecular formula is C9H7F2NOS. The first-order valence-corrected chi connectivity index (χ1v) is 5.07. The highest BCUT2D eigenvalue weighted by atomic mass is 32.2. The van der Waals surface area contributed by atoms with Crippen molar-refractivity contribution in [1.29, 1.82) is 0 Å². The molecule has 1 aliphatic heterocycles. The Morgan fingerprint density at radius 1 is 1.36 bits per heavy atom. The molecule has 0 saturated carbocycles. The third-order valence-electron chi connectivity index (χ3n) is 1.90. The third-order valence-corrected chi connectivity index (χ3v) is 3.00. The van der Waals surface area contributed by atoms with Crippen LogP contribution in [0.2, 0.25) is 0 Å². The molecule has 2 rings (SSSR count). The normalized spacial score (nSPS) is 15.7. The van der Waals surface area contributed by atoms with Crippen molar-refractivity contribution in [1.82, 2.24) is 0 Å². The summed E-state index contributed by atoms with van der Waals surface area (Å²) >= 11 is 1.16. The summed E-state index contributed by atoms with van der Waals surface area (Å²) in [6, 6.07) is 2.39. The van der Waals surface area contributed by atoms with Gasteiger partial charge in [0.1, 0.15) is 0 Å². The number of carbonyl (C=O) groups is 1. The number of benzene rings is 1. The maximum Gasteiger partial charge on any atom is 0.225 e.